The molecule has 1 unspecified atom stereocenters. The zero-order chi connectivity index (χ0) is 5.28. The largest absolute Gasteiger partial charge is 0.453 e. The van der Waals surface area contributed by atoms with Crippen molar-refractivity contribution < 1.29 is 4.21 Å². The fraction of sp³-hybridized carbons (Fsp3) is 0. The van der Waals surface area contributed by atoms with Crippen LogP contribution in [0.1, 0.15) is 0 Å². The summed E-state index contributed by atoms with van der Waals surface area (Å²) in [5, 5.41) is 1.45. The van der Waals surface area contributed by atoms with E-state index in [0.29, 0.717) is 0 Å². The van der Waals surface area contributed by atoms with E-state index in [4.69, 9.17) is 5.73 Å². The van der Waals surface area contributed by atoms with Crippen molar-refractivity contribution in [3.63, 3.8) is 0 Å². The van der Waals surface area contributed by atoms with Gasteiger partial charge >= 0.3 is 0 Å². The summed E-state index contributed by atoms with van der Waals surface area (Å²) < 4.78 is 10.3. The van der Waals surface area contributed by atoms with Crippen molar-refractivity contribution in [2.45, 2.75) is 0 Å². The molecule has 3 nitrogen and oxygen atoms in total. The van der Waals surface area contributed by atoms with Gasteiger partial charge in [-0.15, -0.1) is 6.20 Å². The van der Waals surface area contributed by atoms with Gasteiger partial charge in [0.1, 0.15) is 0 Å². The Balaban J connectivity index is 2.89. The number of aliphatic imine (C=N–C) groups is 1. The lowest BCUT2D eigenvalue weighted by molar-refractivity contribution is 0.694. The lowest BCUT2D eigenvalue weighted by Crippen LogP contribution is -2.12. The highest BCUT2D eigenvalue weighted by Crippen LogP contribution is 1.92. The zero-order valence-electron chi connectivity index (χ0n) is 3.42. The minimum atomic E-state index is -1.18. The Bertz CT molecular complexity index is 160. The summed E-state index contributed by atoms with van der Waals surface area (Å²) in [4.78, 5) is 3.41. The van der Waals surface area contributed by atoms with Gasteiger partial charge in [-0.2, -0.15) is 0 Å². The summed E-state index contributed by atoms with van der Waals surface area (Å²) >= 11 is 0. The molecule has 0 amide bonds. The molecular weight excluding hydrogens is 112 g/mol. The molecule has 0 fully saturated rings. The minimum Gasteiger partial charge on any atom is -0.453 e. The summed E-state index contributed by atoms with van der Waals surface area (Å²) in [6.45, 7) is 0. The first-order chi connectivity index (χ1) is 3.30. The summed E-state index contributed by atoms with van der Waals surface area (Å²) in [6.07, 6.45) is 2.36. The fourth-order valence-electron chi connectivity index (χ4n) is 0.243. The number of rotatable bonds is 0. The molecule has 7 heavy (non-hydrogen) atoms. The molecule has 1 aliphatic rings. The molecule has 0 aromatic heterocycles. The summed E-state index contributed by atoms with van der Waals surface area (Å²) in [6, 6.07) is 0. The first-order valence-electron chi connectivity index (χ1n) is 1.63. The maximum atomic E-state index is 10.3. The third-order valence-corrected chi connectivity index (χ3v) is 1.36. The van der Waals surface area contributed by atoms with Crippen molar-refractivity contribution in [2.75, 3.05) is 0 Å². The second-order valence-corrected chi connectivity index (χ2v) is 2.24. The molecule has 0 spiro atoms. The van der Waals surface area contributed by atoms with Crippen molar-refractivity contribution in [3.05, 3.63) is 11.6 Å². The highest BCUT2D eigenvalue weighted by molar-refractivity contribution is 8.03. The van der Waals surface area contributed by atoms with Gasteiger partial charge in [-0.3, -0.25) is 4.21 Å². The Kier molecular flexibility index (Phi) is 0.941. The summed E-state index contributed by atoms with van der Waals surface area (Å²) in [7, 11) is -1.18. The van der Waals surface area contributed by atoms with Crippen LogP contribution in [-0.2, 0) is 10.8 Å². The predicted octanol–water partition coefficient (Wildman–Crippen LogP) is -0.662. The van der Waals surface area contributed by atoms with Gasteiger partial charge in [-0.05, 0) is 0 Å². The Morgan fingerprint density at radius 1 is 2.00 bits per heavy atom. The van der Waals surface area contributed by atoms with E-state index in [-0.39, 0.29) is 5.17 Å². The van der Waals surface area contributed by atoms with Gasteiger partial charge in [0, 0.05) is 16.0 Å². The monoisotopic (exact) mass is 115 g/mol. The third-order valence-electron chi connectivity index (χ3n) is 0.541. The van der Waals surface area contributed by atoms with Crippen LogP contribution in [0.5, 0.6) is 0 Å². The smallest absolute Gasteiger partial charge is 0.0370 e. The average Bonchev–Trinajstić information content (AvgIpc) is 1.91. The molecule has 1 rings (SSSR count). The van der Waals surface area contributed by atoms with Gasteiger partial charge in [-0.25, -0.2) is 0 Å². The molecular formula is C3H3N2OS-. The Labute approximate surface area is 43.4 Å². The van der Waals surface area contributed by atoms with Crippen LogP contribution in [0.2, 0.25) is 0 Å². The van der Waals surface area contributed by atoms with Crippen LogP contribution in [-0.4, -0.2) is 9.38 Å². The normalized spacial score (nSPS) is 28.0. The molecule has 1 heterocycles. The van der Waals surface area contributed by atoms with Crippen LogP contribution in [0.4, 0.5) is 0 Å². The topological polar surface area (TPSA) is 55.4 Å². The number of amidine groups is 1. The molecule has 0 saturated heterocycles. The molecule has 0 bridgehead atoms. The minimum absolute atomic E-state index is 0.139. The van der Waals surface area contributed by atoms with Crippen LogP contribution in [0, 0.1) is 6.20 Å². The van der Waals surface area contributed by atoms with Crippen molar-refractivity contribution in [3.8, 4) is 0 Å². The summed E-state index contributed by atoms with van der Waals surface area (Å²) in [5.74, 6) is 0. The maximum Gasteiger partial charge on any atom is 0.0370 e. The van der Waals surface area contributed by atoms with Crippen molar-refractivity contribution in [2.24, 2.45) is 10.7 Å². The van der Waals surface area contributed by atoms with E-state index in [9.17, 15) is 4.21 Å². The van der Waals surface area contributed by atoms with Gasteiger partial charge in [0.15, 0.2) is 0 Å². The molecule has 2 N–H and O–H groups in total. The first-order valence-corrected chi connectivity index (χ1v) is 2.84. The molecule has 4 heteroatoms. The predicted molar refractivity (Wildman–Crippen MR) is 27.6 cm³/mol. The third kappa shape index (κ3) is 0.691. The van der Waals surface area contributed by atoms with Gasteiger partial charge < -0.3 is 10.7 Å². The van der Waals surface area contributed by atoms with Crippen LogP contribution in [0.25, 0.3) is 0 Å². The van der Waals surface area contributed by atoms with Gasteiger partial charge in [-0.1, -0.05) is 5.41 Å². The van der Waals surface area contributed by atoms with E-state index in [1.165, 1.54) is 5.41 Å². The maximum absolute atomic E-state index is 10.3. The first kappa shape index (κ1) is 4.52. The highest BCUT2D eigenvalue weighted by Gasteiger charge is 1.89. The van der Waals surface area contributed by atoms with Crippen molar-refractivity contribution in [1.82, 2.24) is 0 Å². The SMILES string of the molecule is NC1=N[C-]=CS1=O. The molecule has 0 aliphatic carbocycles. The second kappa shape index (κ2) is 1.46. The summed E-state index contributed by atoms with van der Waals surface area (Å²) in [5.41, 5.74) is 5.03. The van der Waals surface area contributed by atoms with Crippen LogP contribution < -0.4 is 5.73 Å². The molecule has 38 valence electrons. The number of nitrogens with zero attached hydrogens (tertiary/aromatic N) is 1. The standard InChI is InChI=1S/C3H3N2OS/c4-3-5-1-2-7(3)6/h2H,(H2,4,5)/q-1. The van der Waals surface area contributed by atoms with Gasteiger partial charge in [0.2, 0.25) is 0 Å². The highest BCUT2D eigenvalue weighted by atomic mass is 32.2. The van der Waals surface area contributed by atoms with E-state index in [0.717, 1.165) is 0 Å². The van der Waals surface area contributed by atoms with Crippen LogP contribution in [0.15, 0.2) is 10.4 Å². The average molecular weight is 115 g/mol. The number of hydrogen-bond donors (Lipinski definition) is 1. The molecule has 1 atom stereocenters. The molecule has 0 saturated carbocycles. The van der Waals surface area contributed by atoms with Gasteiger partial charge in [0.25, 0.3) is 0 Å². The Morgan fingerprint density at radius 3 is 2.86 bits per heavy atom. The van der Waals surface area contributed by atoms with Crippen LogP contribution >= 0.6 is 0 Å². The number of nitrogens with two attached hydrogens (primary N) is 1. The van der Waals surface area contributed by atoms with E-state index in [1.807, 2.05) is 0 Å². The number of hydrogen-bond acceptors (Lipinski definition) is 3. The van der Waals surface area contributed by atoms with Crippen molar-refractivity contribution >= 4 is 16.0 Å². The Morgan fingerprint density at radius 2 is 2.71 bits per heavy atom. The van der Waals surface area contributed by atoms with E-state index < -0.39 is 10.8 Å². The van der Waals surface area contributed by atoms with E-state index in [1.54, 1.807) is 0 Å². The molecule has 0 radical (unpaired) electrons. The van der Waals surface area contributed by atoms with E-state index >= 15 is 0 Å². The molecule has 0 aromatic rings. The fourth-order valence-corrected chi connectivity index (χ4v) is 0.655. The van der Waals surface area contributed by atoms with Gasteiger partial charge in [0.05, 0.1) is 0 Å². The quantitative estimate of drug-likeness (QED) is 0.426. The molecule has 1 aliphatic heterocycles. The van der Waals surface area contributed by atoms with Crippen molar-refractivity contribution in [1.29, 1.82) is 0 Å². The second-order valence-electron chi connectivity index (χ2n) is 0.994. The lowest BCUT2D eigenvalue weighted by Gasteiger charge is -1.92. The Hall–Kier alpha value is -0.640. The van der Waals surface area contributed by atoms with Crippen LogP contribution in [0.3, 0.4) is 0 Å². The van der Waals surface area contributed by atoms with E-state index in [2.05, 4.69) is 11.2 Å². The zero-order valence-corrected chi connectivity index (χ0v) is 4.23. The molecule has 0 aromatic carbocycles. The lowest BCUT2D eigenvalue weighted by atomic mass is 11.0.